The van der Waals surface area contributed by atoms with E-state index in [1.54, 1.807) is 0 Å². The minimum Gasteiger partial charge on any atom is -0.481 e. The fourth-order valence-corrected chi connectivity index (χ4v) is 2.82. The van der Waals surface area contributed by atoms with Crippen molar-refractivity contribution in [2.45, 2.75) is 56.3 Å². The number of aliphatic hydroxyl groups excluding tert-OH is 1. The number of nitrogens with one attached hydrogen (secondary N) is 3. The van der Waals surface area contributed by atoms with Gasteiger partial charge in [-0.15, -0.1) is 0 Å². The molecule has 18 nitrogen and oxygen atoms in total. The Morgan fingerprint density at radius 3 is 1.62 bits per heavy atom. The highest BCUT2D eigenvalue weighted by molar-refractivity contribution is 5.94. The van der Waals surface area contributed by atoms with Gasteiger partial charge in [0.1, 0.15) is 18.1 Å². The van der Waals surface area contributed by atoms with Gasteiger partial charge < -0.3 is 59.9 Å². The molecule has 210 valence electrons. The molecule has 4 unspecified atom stereocenters. The highest BCUT2D eigenvalue weighted by Gasteiger charge is 2.30. The lowest BCUT2D eigenvalue weighted by molar-refractivity contribution is -0.147. The van der Waals surface area contributed by atoms with Crippen LogP contribution in [0, 0.1) is 0 Å². The lowest BCUT2D eigenvalue weighted by Gasteiger charge is -2.24. The molecule has 3 amide bonds. The summed E-state index contributed by atoms with van der Waals surface area (Å²) in [7, 11) is 0. The van der Waals surface area contributed by atoms with Crippen LogP contribution in [0.1, 0.15) is 32.1 Å². The first kappa shape index (κ1) is 32.8. The van der Waals surface area contributed by atoms with Crippen LogP contribution in [0.3, 0.4) is 0 Å². The number of carboxylic acids is 2. The molecule has 0 aromatic carbocycles. The lowest BCUT2D eigenvalue weighted by atomic mass is 10.1. The third kappa shape index (κ3) is 14.7. The van der Waals surface area contributed by atoms with Crippen LogP contribution in [-0.4, -0.2) is 101 Å². The number of aliphatic hydroxyl groups is 1. The van der Waals surface area contributed by atoms with Crippen LogP contribution >= 0.6 is 0 Å². The van der Waals surface area contributed by atoms with Crippen LogP contribution in [0.2, 0.25) is 0 Å². The Kier molecular flexibility index (Phi) is 15.3. The van der Waals surface area contributed by atoms with Crippen LogP contribution in [-0.2, 0) is 24.0 Å². The Morgan fingerprint density at radius 2 is 1.16 bits per heavy atom. The minimum atomic E-state index is -1.80. The third-order valence-electron chi connectivity index (χ3n) is 4.69. The summed E-state index contributed by atoms with van der Waals surface area (Å²) < 4.78 is 0. The van der Waals surface area contributed by atoms with E-state index in [0.29, 0.717) is 6.42 Å². The molecule has 0 aliphatic rings. The van der Waals surface area contributed by atoms with Gasteiger partial charge in [-0.3, -0.25) is 29.2 Å². The Morgan fingerprint density at radius 1 is 0.703 bits per heavy atom. The second-order valence-corrected chi connectivity index (χ2v) is 7.81. The van der Waals surface area contributed by atoms with Gasteiger partial charge in [0.2, 0.25) is 17.7 Å². The second-order valence-electron chi connectivity index (χ2n) is 7.81. The van der Waals surface area contributed by atoms with Crippen molar-refractivity contribution < 1.29 is 39.3 Å². The van der Waals surface area contributed by atoms with Crippen molar-refractivity contribution in [1.82, 2.24) is 16.0 Å². The summed E-state index contributed by atoms with van der Waals surface area (Å²) in [6.45, 7) is -0.597. The maximum absolute atomic E-state index is 12.8. The van der Waals surface area contributed by atoms with Crippen LogP contribution in [0.5, 0.6) is 0 Å². The summed E-state index contributed by atoms with van der Waals surface area (Å²) in [5.74, 6) is -6.15. The first-order valence-corrected chi connectivity index (χ1v) is 11.1. The van der Waals surface area contributed by atoms with E-state index in [-0.39, 0.29) is 44.3 Å². The van der Waals surface area contributed by atoms with E-state index in [9.17, 15) is 29.1 Å². The molecule has 0 fully saturated rings. The summed E-state index contributed by atoms with van der Waals surface area (Å²) in [6.07, 6.45) is -0.135. The van der Waals surface area contributed by atoms with Gasteiger partial charge in [-0.25, -0.2) is 4.79 Å². The van der Waals surface area contributed by atoms with Gasteiger partial charge in [0.25, 0.3) is 0 Å². The highest BCUT2D eigenvalue weighted by Crippen LogP contribution is 2.03. The fourth-order valence-electron chi connectivity index (χ4n) is 2.82. The van der Waals surface area contributed by atoms with Crippen molar-refractivity contribution in [2.24, 2.45) is 38.7 Å². The molecule has 18 heteroatoms. The van der Waals surface area contributed by atoms with E-state index in [0.717, 1.165) is 0 Å². The van der Waals surface area contributed by atoms with Crippen molar-refractivity contribution in [3.8, 4) is 0 Å². The van der Waals surface area contributed by atoms with E-state index < -0.39 is 66.9 Å². The number of rotatable bonds is 18. The zero-order chi connectivity index (χ0) is 28.5. The van der Waals surface area contributed by atoms with Crippen molar-refractivity contribution in [1.29, 1.82) is 0 Å². The van der Waals surface area contributed by atoms with Crippen LogP contribution < -0.4 is 44.6 Å². The predicted octanol–water partition coefficient (Wildman–Crippen LogP) is -5.57. The minimum absolute atomic E-state index is 0.00556. The van der Waals surface area contributed by atoms with E-state index in [1.165, 1.54) is 0 Å². The molecule has 0 heterocycles. The molecule has 0 aromatic rings. The summed E-state index contributed by atoms with van der Waals surface area (Å²) in [5.41, 5.74) is 26.8. The van der Waals surface area contributed by atoms with Gasteiger partial charge in [-0.2, -0.15) is 0 Å². The molecule has 4 atom stereocenters. The first-order chi connectivity index (χ1) is 17.3. The molecule has 0 saturated heterocycles. The molecule has 0 bridgehead atoms. The van der Waals surface area contributed by atoms with E-state index in [2.05, 4.69) is 20.6 Å². The molecule has 16 N–H and O–H groups in total. The van der Waals surface area contributed by atoms with Gasteiger partial charge in [0.15, 0.2) is 11.9 Å². The molecule has 0 rings (SSSR count). The molecular formula is C19H36N10O8. The van der Waals surface area contributed by atoms with Crippen LogP contribution in [0.15, 0.2) is 9.98 Å². The number of amides is 3. The Bertz CT molecular complexity index is 858. The van der Waals surface area contributed by atoms with Crippen molar-refractivity contribution in [3.63, 3.8) is 0 Å². The largest absolute Gasteiger partial charge is 0.481 e. The standard InChI is InChI=1S/C19H36N10O8/c20-9(3-1-5-25-18(21)22)14(33)27-10(4-2-6-26-19(23)24)15(34)29-12(8-30)16(35)28-11(17(36)37)7-13(31)32/h9-12,30H,1-8,20H2,(H,27,33)(H,28,35)(H,29,34)(H,31,32)(H,36,37)(H4,21,22,25)(H4,23,24,26). The smallest absolute Gasteiger partial charge is 0.326 e. The Balaban J connectivity index is 5.35. The monoisotopic (exact) mass is 532 g/mol. The molecule has 37 heavy (non-hydrogen) atoms. The summed E-state index contributed by atoms with van der Waals surface area (Å²) in [4.78, 5) is 67.3. The quantitative estimate of drug-likeness (QED) is 0.0446. The van der Waals surface area contributed by atoms with Gasteiger partial charge in [0, 0.05) is 13.1 Å². The number of nitrogens with two attached hydrogens (primary N) is 5. The zero-order valence-corrected chi connectivity index (χ0v) is 20.1. The predicted molar refractivity (Wildman–Crippen MR) is 131 cm³/mol. The topological polar surface area (TPSA) is 337 Å². The average Bonchev–Trinajstić information content (AvgIpc) is 2.80. The fraction of sp³-hybridized carbons (Fsp3) is 0.632. The molecule has 0 aromatic heterocycles. The third-order valence-corrected chi connectivity index (χ3v) is 4.69. The number of nitrogens with zero attached hydrogens (tertiary/aromatic N) is 2. The van der Waals surface area contributed by atoms with Crippen molar-refractivity contribution in [3.05, 3.63) is 0 Å². The van der Waals surface area contributed by atoms with E-state index >= 15 is 0 Å². The van der Waals surface area contributed by atoms with Gasteiger partial charge in [0.05, 0.1) is 19.1 Å². The maximum atomic E-state index is 12.8. The highest BCUT2D eigenvalue weighted by atomic mass is 16.4. The molecule has 0 aliphatic heterocycles. The van der Waals surface area contributed by atoms with Crippen LogP contribution in [0.25, 0.3) is 0 Å². The summed E-state index contributed by atoms with van der Waals surface area (Å²) in [6, 6.07) is -5.70. The second kappa shape index (κ2) is 17.3. The number of hydrogen-bond donors (Lipinski definition) is 11. The molecule has 0 radical (unpaired) electrons. The molecular weight excluding hydrogens is 496 g/mol. The number of aliphatic imine (C=N–C) groups is 2. The van der Waals surface area contributed by atoms with Crippen molar-refractivity contribution >= 4 is 41.6 Å². The number of aliphatic carboxylic acids is 2. The number of carbonyl (C=O) groups is 5. The van der Waals surface area contributed by atoms with E-state index in [1.807, 2.05) is 5.32 Å². The number of guanidine groups is 2. The van der Waals surface area contributed by atoms with Crippen LogP contribution in [0.4, 0.5) is 0 Å². The SMILES string of the molecule is NC(N)=NCCCC(N)C(=O)NC(CCCN=C(N)N)C(=O)NC(CO)C(=O)NC(CC(=O)O)C(=O)O. The van der Waals surface area contributed by atoms with Gasteiger partial charge in [-0.1, -0.05) is 0 Å². The number of carbonyl (C=O) groups excluding carboxylic acids is 3. The normalized spacial score (nSPS) is 13.7. The van der Waals surface area contributed by atoms with E-state index in [4.69, 9.17) is 38.9 Å². The van der Waals surface area contributed by atoms with Gasteiger partial charge >= 0.3 is 11.9 Å². The average molecular weight is 533 g/mol. The molecule has 0 saturated carbocycles. The zero-order valence-electron chi connectivity index (χ0n) is 20.1. The van der Waals surface area contributed by atoms with Crippen molar-refractivity contribution in [2.75, 3.05) is 19.7 Å². The molecule has 0 spiro atoms. The Labute approximate surface area is 212 Å². The Hall–Kier alpha value is -4.19. The van der Waals surface area contributed by atoms with Gasteiger partial charge in [-0.05, 0) is 25.7 Å². The first-order valence-electron chi connectivity index (χ1n) is 11.1. The lowest BCUT2D eigenvalue weighted by Crippen LogP contribution is -2.58. The summed E-state index contributed by atoms with van der Waals surface area (Å²) in [5, 5.41) is 34.0. The molecule has 0 aliphatic carbocycles. The number of carboxylic acid groups (broad SMARTS) is 2. The maximum Gasteiger partial charge on any atom is 0.326 e. The number of hydrogen-bond acceptors (Lipinski definition) is 9. The summed E-state index contributed by atoms with van der Waals surface area (Å²) >= 11 is 0.